The van der Waals surface area contributed by atoms with Gasteiger partial charge in [0.1, 0.15) is 0 Å². The van der Waals surface area contributed by atoms with Crippen LogP contribution in [0.5, 0.6) is 0 Å². The third kappa shape index (κ3) is 4.44. The van der Waals surface area contributed by atoms with E-state index < -0.39 is 0 Å². The molecule has 2 heterocycles. The number of para-hydroxylation sites is 1. The van der Waals surface area contributed by atoms with E-state index >= 15 is 0 Å². The zero-order chi connectivity index (χ0) is 22.0. The second-order valence-corrected chi connectivity index (χ2v) is 8.57. The van der Waals surface area contributed by atoms with Crippen molar-refractivity contribution in [3.05, 3.63) is 59.7 Å². The third-order valence-corrected chi connectivity index (χ3v) is 6.35. The van der Waals surface area contributed by atoms with Gasteiger partial charge in [-0.2, -0.15) is 0 Å². The number of anilines is 2. The first-order valence-corrected chi connectivity index (χ1v) is 11.1. The fraction of sp³-hybridized carbons (Fsp3) is 0.440. The van der Waals surface area contributed by atoms with E-state index in [1.54, 1.807) is 0 Å². The molecule has 0 bridgehead atoms. The van der Waals surface area contributed by atoms with Gasteiger partial charge in [-0.1, -0.05) is 37.3 Å². The predicted octanol–water partition coefficient (Wildman–Crippen LogP) is 3.98. The lowest BCUT2D eigenvalue weighted by Crippen LogP contribution is -2.49. The van der Waals surface area contributed by atoms with Crippen LogP contribution in [0.1, 0.15) is 43.9 Å². The number of rotatable bonds is 6. The normalized spacial score (nSPS) is 21.2. The number of esters is 1. The van der Waals surface area contributed by atoms with Gasteiger partial charge in [-0.15, -0.1) is 0 Å². The van der Waals surface area contributed by atoms with Gasteiger partial charge in [-0.3, -0.25) is 14.5 Å². The monoisotopic (exact) mass is 421 g/mol. The molecule has 0 unspecified atom stereocenters. The number of hydrogen-bond acceptors (Lipinski definition) is 5. The van der Waals surface area contributed by atoms with Crippen LogP contribution in [0.3, 0.4) is 0 Å². The number of carbonyl (C=O) groups is 2. The van der Waals surface area contributed by atoms with E-state index in [-0.39, 0.29) is 29.9 Å². The van der Waals surface area contributed by atoms with E-state index in [0.29, 0.717) is 6.42 Å². The molecule has 1 N–H and O–H groups in total. The summed E-state index contributed by atoms with van der Waals surface area (Å²) in [5.41, 5.74) is 4.48. The van der Waals surface area contributed by atoms with Crippen molar-refractivity contribution in [1.82, 2.24) is 4.90 Å². The zero-order valence-electron chi connectivity index (χ0n) is 18.5. The largest absolute Gasteiger partial charge is 0.469 e. The minimum atomic E-state index is -0.114. The van der Waals surface area contributed by atoms with Crippen LogP contribution in [0, 0.1) is 5.92 Å². The van der Waals surface area contributed by atoms with E-state index in [0.717, 1.165) is 37.4 Å². The molecule has 1 saturated heterocycles. The van der Waals surface area contributed by atoms with Crippen molar-refractivity contribution in [2.45, 2.75) is 45.3 Å². The maximum Gasteiger partial charge on any atom is 0.311 e. The maximum absolute atomic E-state index is 12.5. The molecule has 0 saturated carbocycles. The highest BCUT2D eigenvalue weighted by Gasteiger charge is 2.34. The van der Waals surface area contributed by atoms with Gasteiger partial charge >= 0.3 is 5.97 Å². The number of amides is 1. The molecule has 2 aromatic rings. The molecule has 4 rings (SSSR count). The Bertz CT molecular complexity index is 937. The van der Waals surface area contributed by atoms with Crippen molar-refractivity contribution < 1.29 is 14.3 Å². The highest BCUT2D eigenvalue weighted by Crippen LogP contribution is 2.39. The number of carbonyl (C=O) groups excluding carboxylic acids is 2. The van der Waals surface area contributed by atoms with Crippen LogP contribution in [-0.4, -0.2) is 43.0 Å². The standard InChI is InChI=1S/C25H31N3O3/c1-4-24(29)28-17(2)13-22(21-7-5-6-8-23(21)28)26-20-11-9-18(10-12-20)14-27-15-19(16-27)25(30)31-3/h5-12,17,19,22,26H,4,13-16H2,1-3H3/t17-,22+/m0/s1. The average molecular weight is 422 g/mol. The van der Waals surface area contributed by atoms with Crippen molar-refractivity contribution in [2.24, 2.45) is 5.92 Å². The first kappa shape index (κ1) is 21.4. The van der Waals surface area contributed by atoms with Crippen LogP contribution in [0.25, 0.3) is 0 Å². The molecule has 2 atom stereocenters. The minimum Gasteiger partial charge on any atom is -0.469 e. The Balaban J connectivity index is 1.41. The summed E-state index contributed by atoms with van der Waals surface area (Å²) in [4.78, 5) is 28.2. The molecule has 164 valence electrons. The summed E-state index contributed by atoms with van der Waals surface area (Å²) in [5, 5.41) is 3.67. The molecule has 6 nitrogen and oxygen atoms in total. The highest BCUT2D eigenvalue weighted by atomic mass is 16.5. The van der Waals surface area contributed by atoms with E-state index in [1.807, 2.05) is 30.0 Å². The summed E-state index contributed by atoms with van der Waals surface area (Å²) in [5.74, 6) is 0.0682. The Morgan fingerprint density at radius 3 is 2.48 bits per heavy atom. The summed E-state index contributed by atoms with van der Waals surface area (Å²) < 4.78 is 4.80. The number of likely N-dealkylation sites (tertiary alicyclic amines) is 1. The molecule has 0 spiro atoms. The van der Waals surface area contributed by atoms with Crippen LogP contribution in [0.15, 0.2) is 48.5 Å². The van der Waals surface area contributed by atoms with Crippen molar-refractivity contribution >= 4 is 23.3 Å². The Kier molecular flexibility index (Phi) is 6.28. The van der Waals surface area contributed by atoms with E-state index in [9.17, 15) is 9.59 Å². The quantitative estimate of drug-likeness (QED) is 0.715. The fourth-order valence-corrected chi connectivity index (χ4v) is 4.68. The fourth-order valence-electron chi connectivity index (χ4n) is 4.68. The summed E-state index contributed by atoms with van der Waals surface area (Å²) in [6.07, 6.45) is 1.38. The Hall–Kier alpha value is -2.86. The molecule has 2 aliphatic heterocycles. The van der Waals surface area contributed by atoms with Gasteiger partial charge in [0, 0.05) is 43.5 Å². The minimum absolute atomic E-state index is 0.0125. The number of nitrogens with one attached hydrogen (secondary N) is 1. The lowest BCUT2D eigenvalue weighted by molar-refractivity contribution is -0.151. The SMILES string of the molecule is CCC(=O)N1c2ccccc2[C@H](Nc2ccc(CN3CC(C(=O)OC)C3)cc2)C[C@@H]1C. The van der Waals surface area contributed by atoms with Gasteiger partial charge in [0.25, 0.3) is 0 Å². The summed E-state index contributed by atoms with van der Waals surface area (Å²) >= 11 is 0. The average Bonchev–Trinajstić information content (AvgIpc) is 2.76. The Morgan fingerprint density at radius 1 is 1.10 bits per heavy atom. The van der Waals surface area contributed by atoms with Crippen molar-refractivity contribution in [2.75, 3.05) is 30.4 Å². The van der Waals surface area contributed by atoms with Crippen LogP contribution in [0.4, 0.5) is 11.4 Å². The van der Waals surface area contributed by atoms with Crippen molar-refractivity contribution in [3.63, 3.8) is 0 Å². The number of ether oxygens (including phenoxy) is 1. The molecule has 2 aromatic carbocycles. The molecule has 6 heteroatoms. The number of fused-ring (bicyclic) bond motifs is 1. The van der Waals surface area contributed by atoms with Gasteiger partial charge in [-0.25, -0.2) is 0 Å². The molecule has 0 aromatic heterocycles. The van der Waals surface area contributed by atoms with Gasteiger partial charge < -0.3 is 15.0 Å². The Labute approximate surface area is 184 Å². The van der Waals surface area contributed by atoms with Gasteiger partial charge in [0.15, 0.2) is 0 Å². The molecule has 0 radical (unpaired) electrons. The molecular weight excluding hydrogens is 390 g/mol. The van der Waals surface area contributed by atoms with Gasteiger partial charge in [0.2, 0.25) is 5.91 Å². The highest BCUT2D eigenvalue weighted by molar-refractivity contribution is 5.95. The molecule has 1 fully saturated rings. The van der Waals surface area contributed by atoms with E-state index in [1.165, 1.54) is 18.2 Å². The second kappa shape index (κ2) is 9.10. The number of hydrogen-bond donors (Lipinski definition) is 1. The second-order valence-electron chi connectivity index (χ2n) is 8.57. The van der Waals surface area contributed by atoms with Gasteiger partial charge in [0.05, 0.1) is 19.1 Å². The molecule has 0 aliphatic carbocycles. The smallest absolute Gasteiger partial charge is 0.311 e. The van der Waals surface area contributed by atoms with Crippen molar-refractivity contribution in [1.29, 1.82) is 0 Å². The third-order valence-electron chi connectivity index (χ3n) is 6.35. The lowest BCUT2D eigenvalue weighted by atomic mass is 9.91. The van der Waals surface area contributed by atoms with Crippen LogP contribution < -0.4 is 10.2 Å². The van der Waals surface area contributed by atoms with Crippen LogP contribution >= 0.6 is 0 Å². The van der Waals surface area contributed by atoms with E-state index in [2.05, 4.69) is 47.5 Å². The maximum atomic E-state index is 12.5. The molecule has 1 amide bonds. The van der Waals surface area contributed by atoms with Crippen molar-refractivity contribution in [3.8, 4) is 0 Å². The number of benzene rings is 2. The molecule has 2 aliphatic rings. The lowest BCUT2D eigenvalue weighted by Gasteiger charge is -2.40. The first-order chi connectivity index (χ1) is 15.0. The first-order valence-electron chi connectivity index (χ1n) is 11.1. The summed E-state index contributed by atoms with van der Waals surface area (Å²) in [6, 6.07) is 17.0. The van der Waals surface area contributed by atoms with Crippen LogP contribution in [-0.2, 0) is 20.9 Å². The summed E-state index contributed by atoms with van der Waals surface area (Å²) in [7, 11) is 1.45. The molecule has 31 heavy (non-hydrogen) atoms. The Morgan fingerprint density at radius 2 is 1.81 bits per heavy atom. The topological polar surface area (TPSA) is 61.9 Å². The zero-order valence-corrected chi connectivity index (χ0v) is 18.5. The summed E-state index contributed by atoms with van der Waals surface area (Å²) in [6.45, 7) is 6.40. The predicted molar refractivity (Wildman–Crippen MR) is 122 cm³/mol. The molecular formula is C25H31N3O3. The van der Waals surface area contributed by atoms with Gasteiger partial charge in [-0.05, 0) is 42.7 Å². The number of nitrogens with zero attached hydrogens (tertiary/aromatic N) is 2. The number of methoxy groups -OCH3 is 1. The van der Waals surface area contributed by atoms with E-state index in [4.69, 9.17) is 4.74 Å². The van der Waals surface area contributed by atoms with Crippen LogP contribution in [0.2, 0.25) is 0 Å².